The van der Waals surface area contributed by atoms with E-state index in [9.17, 15) is 18.0 Å². The molecule has 1 aliphatic carbocycles. The Morgan fingerprint density at radius 2 is 1.71 bits per heavy atom. The number of carbonyl (C=O) groups is 1. The summed E-state index contributed by atoms with van der Waals surface area (Å²) in [6, 6.07) is 7.31. The second-order valence-corrected chi connectivity index (χ2v) is 8.70. The van der Waals surface area contributed by atoms with Crippen molar-refractivity contribution in [2.45, 2.75) is 32.0 Å². The van der Waals surface area contributed by atoms with E-state index in [0.717, 1.165) is 30.5 Å². The maximum Gasteiger partial charge on any atom is 0.416 e. The van der Waals surface area contributed by atoms with E-state index in [1.54, 1.807) is 36.1 Å². The van der Waals surface area contributed by atoms with E-state index < -0.39 is 11.7 Å². The Hall–Kier alpha value is -3.37. The number of nitrogens with zero attached hydrogens (tertiary/aromatic N) is 3. The number of benzene rings is 1. The zero-order valence-corrected chi connectivity index (χ0v) is 19.8. The van der Waals surface area contributed by atoms with E-state index in [0.29, 0.717) is 37.3 Å². The minimum atomic E-state index is -4.38. The first-order valence-corrected chi connectivity index (χ1v) is 11.7. The molecule has 0 radical (unpaired) electrons. The SMILES string of the molecule is C=C/C=C(\C=C(/C)C#N)C(=O)N1CCN(C(c2ccc(C(F)(F)F)cc2)C2C=CCCC=C2)CC1. The molecule has 0 spiro atoms. The third kappa shape index (κ3) is 6.83. The van der Waals surface area contributed by atoms with E-state index in [-0.39, 0.29) is 17.9 Å². The van der Waals surface area contributed by atoms with Crippen molar-refractivity contribution < 1.29 is 18.0 Å². The second-order valence-electron chi connectivity index (χ2n) is 8.70. The van der Waals surface area contributed by atoms with E-state index in [1.807, 2.05) is 6.07 Å². The van der Waals surface area contributed by atoms with Gasteiger partial charge in [-0.2, -0.15) is 18.4 Å². The van der Waals surface area contributed by atoms with Crippen molar-refractivity contribution in [3.63, 3.8) is 0 Å². The normalized spacial score (nSPS) is 19.2. The molecule has 4 nitrogen and oxygen atoms in total. The first kappa shape index (κ1) is 26.2. The predicted molar refractivity (Wildman–Crippen MR) is 131 cm³/mol. The van der Waals surface area contributed by atoms with Gasteiger partial charge in [0, 0.05) is 49.3 Å². The summed E-state index contributed by atoms with van der Waals surface area (Å²) in [5.41, 5.74) is 0.990. The Balaban J connectivity index is 1.82. The molecule has 1 aromatic carbocycles. The number of piperazine rings is 1. The molecule has 0 N–H and O–H groups in total. The van der Waals surface area contributed by atoms with Gasteiger partial charge in [-0.1, -0.05) is 55.2 Å². The molecule has 1 heterocycles. The minimum absolute atomic E-state index is 0.0222. The Labute approximate surface area is 205 Å². The maximum atomic E-state index is 13.1. The van der Waals surface area contributed by atoms with Gasteiger partial charge in [0.25, 0.3) is 5.91 Å². The van der Waals surface area contributed by atoms with Gasteiger partial charge in [-0.05, 0) is 43.5 Å². The molecule has 1 unspecified atom stereocenters. The second kappa shape index (κ2) is 11.9. The zero-order chi connectivity index (χ0) is 25.4. The van der Waals surface area contributed by atoms with Gasteiger partial charge in [0.1, 0.15) is 0 Å². The summed E-state index contributed by atoms with van der Waals surface area (Å²) in [6.07, 6.45) is 10.7. The summed E-state index contributed by atoms with van der Waals surface area (Å²) < 4.78 is 39.4. The van der Waals surface area contributed by atoms with Gasteiger partial charge < -0.3 is 4.90 Å². The molecule has 1 aromatic rings. The van der Waals surface area contributed by atoms with Crippen LogP contribution >= 0.6 is 0 Å². The third-order valence-electron chi connectivity index (χ3n) is 6.25. The highest BCUT2D eigenvalue weighted by Gasteiger charge is 2.33. The Morgan fingerprint density at radius 1 is 1.11 bits per heavy atom. The largest absolute Gasteiger partial charge is 0.416 e. The van der Waals surface area contributed by atoms with E-state index >= 15 is 0 Å². The highest BCUT2D eigenvalue weighted by molar-refractivity contribution is 5.96. The maximum absolute atomic E-state index is 13.1. The fourth-order valence-electron chi connectivity index (χ4n) is 4.48. The first-order chi connectivity index (χ1) is 16.7. The van der Waals surface area contributed by atoms with Crippen LogP contribution < -0.4 is 0 Å². The van der Waals surface area contributed by atoms with Gasteiger partial charge in [0.05, 0.1) is 11.6 Å². The van der Waals surface area contributed by atoms with Crippen molar-refractivity contribution in [3.05, 3.63) is 95.6 Å². The van der Waals surface area contributed by atoms with Crippen molar-refractivity contribution in [2.75, 3.05) is 26.2 Å². The molecule has 1 aliphatic heterocycles. The summed E-state index contributed by atoms with van der Waals surface area (Å²) in [5, 5.41) is 9.08. The standard InChI is InChI=1S/C28H30F3N3O/c1-3-8-24(19-21(2)20-32)27(35)34-17-15-33(16-18-34)26(22-9-6-4-5-7-10-22)23-11-13-25(14-12-23)28(29,30)31/h3,6-14,19,22,26H,1,4-5,15-18H2,2H3/b21-19+,24-8+. The molecule has 7 heteroatoms. The lowest BCUT2D eigenvalue weighted by Gasteiger charge is -2.41. The summed E-state index contributed by atoms with van der Waals surface area (Å²) in [5.74, 6) is -0.145. The highest BCUT2D eigenvalue weighted by Crippen LogP contribution is 2.35. The number of hydrogen-bond donors (Lipinski definition) is 0. The van der Waals surface area contributed by atoms with Crippen LogP contribution in [0.3, 0.4) is 0 Å². The van der Waals surface area contributed by atoms with E-state index in [1.165, 1.54) is 6.08 Å². The van der Waals surface area contributed by atoms with Gasteiger partial charge in [-0.15, -0.1) is 0 Å². The van der Waals surface area contributed by atoms with Crippen LogP contribution in [0.5, 0.6) is 0 Å². The zero-order valence-electron chi connectivity index (χ0n) is 19.8. The smallest absolute Gasteiger partial charge is 0.336 e. The first-order valence-electron chi connectivity index (χ1n) is 11.7. The lowest BCUT2D eigenvalue weighted by atomic mass is 9.89. The fourth-order valence-corrected chi connectivity index (χ4v) is 4.48. The lowest BCUT2D eigenvalue weighted by Crippen LogP contribution is -2.50. The third-order valence-corrected chi connectivity index (χ3v) is 6.25. The average molecular weight is 482 g/mol. The van der Waals surface area contributed by atoms with Crippen LogP contribution in [0.2, 0.25) is 0 Å². The van der Waals surface area contributed by atoms with Crippen LogP contribution in [0.1, 0.15) is 36.9 Å². The topological polar surface area (TPSA) is 47.3 Å². The fraction of sp³-hybridized carbons (Fsp3) is 0.357. The van der Waals surface area contributed by atoms with Gasteiger partial charge in [-0.25, -0.2) is 0 Å². The molecule has 1 saturated heterocycles. The number of carbonyl (C=O) groups excluding carboxylic acids is 1. The summed E-state index contributed by atoms with van der Waals surface area (Å²) in [7, 11) is 0. The molecular formula is C28H30F3N3O. The summed E-state index contributed by atoms with van der Waals surface area (Å²) >= 11 is 0. The van der Waals surface area contributed by atoms with Gasteiger partial charge in [0.15, 0.2) is 0 Å². The number of nitriles is 1. The lowest BCUT2D eigenvalue weighted by molar-refractivity contribution is -0.137. The molecule has 0 bridgehead atoms. The van der Waals surface area contributed by atoms with Crippen molar-refractivity contribution in [1.82, 2.24) is 9.80 Å². The van der Waals surface area contributed by atoms with Crippen LogP contribution in [-0.2, 0) is 11.0 Å². The monoisotopic (exact) mass is 481 g/mol. The van der Waals surface area contributed by atoms with E-state index in [2.05, 4.69) is 35.8 Å². The molecule has 1 amide bonds. The van der Waals surface area contributed by atoms with Crippen molar-refractivity contribution >= 4 is 5.91 Å². The van der Waals surface area contributed by atoms with Crippen LogP contribution in [0.4, 0.5) is 13.2 Å². The van der Waals surface area contributed by atoms with Crippen LogP contribution in [0.25, 0.3) is 0 Å². The highest BCUT2D eigenvalue weighted by atomic mass is 19.4. The molecule has 1 fully saturated rings. The molecular weight excluding hydrogens is 451 g/mol. The number of rotatable bonds is 6. The van der Waals surface area contributed by atoms with Crippen molar-refractivity contribution in [2.24, 2.45) is 5.92 Å². The number of allylic oxidation sites excluding steroid dienone is 5. The Morgan fingerprint density at radius 3 is 2.23 bits per heavy atom. The van der Waals surface area contributed by atoms with Crippen molar-refractivity contribution in [1.29, 1.82) is 5.26 Å². The quantitative estimate of drug-likeness (QED) is 0.217. The summed E-state index contributed by atoms with van der Waals surface area (Å²) in [4.78, 5) is 17.1. The molecule has 0 aromatic heterocycles. The molecule has 184 valence electrons. The number of amides is 1. The van der Waals surface area contributed by atoms with Gasteiger partial charge in [0.2, 0.25) is 0 Å². The molecule has 35 heavy (non-hydrogen) atoms. The molecule has 1 atom stereocenters. The van der Waals surface area contributed by atoms with Gasteiger partial charge >= 0.3 is 6.18 Å². The van der Waals surface area contributed by atoms with Gasteiger partial charge in [-0.3, -0.25) is 9.69 Å². The molecule has 3 rings (SSSR count). The minimum Gasteiger partial charge on any atom is -0.336 e. The van der Waals surface area contributed by atoms with Crippen molar-refractivity contribution in [3.8, 4) is 6.07 Å². The Bertz CT molecular complexity index is 1050. The number of halogens is 3. The number of hydrogen-bond acceptors (Lipinski definition) is 3. The Kier molecular flexibility index (Phi) is 8.89. The predicted octanol–water partition coefficient (Wildman–Crippen LogP) is 6.00. The van der Waals surface area contributed by atoms with Crippen LogP contribution in [0.15, 0.2) is 84.5 Å². The average Bonchev–Trinajstić information content (AvgIpc) is 3.13. The van der Waals surface area contributed by atoms with Crippen LogP contribution in [0, 0.1) is 17.2 Å². The van der Waals surface area contributed by atoms with E-state index in [4.69, 9.17) is 5.26 Å². The summed E-state index contributed by atoms with van der Waals surface area (Å²) in [6.45, 7) is 7.42. The molecule has 2 aliphatic rings. The molecule has 0 saturated carbocycles. The van der Waals surface area contributed by atoms with Crippen LogP contribution in [-0.4, -0.2) is 41.9 Å². The number of alkyl halides is 3.